The number of aliphatic hydroxyl groups excluding tert-OH is 1. The number of aryl methyl sites for hydroxylation is 1. The maximum absolute atomic E-state index is 11.6. The predicted octanol–water partition coefficient (Wildman–Crippen LogP) is 1.30. The zero-order valence-electron chi connectivity index (χ0n) is 10.5. The molecule has 94 valence electrons. The molecule has 1 aliphatic carbocycles. The van der Waals surface area contributed by atoms with Gasteiger partial charge in [-0.25, -0.2) is 0 Å². The number of aliphatic hydroxyl groups is 1. The highest BCUT2D eigenvalue weighted by Crippen LogP contribution is 2.31. The topological polar surface area (TPSA) is 54.3 Å². The van der Waals surface area contributed by atoms with Gasteiger partial charge in [-0.15, -0.1) is 0 Å². The Kier molecular flexibility index (Phi) is 3.52. The molecule has 0 saturated carbocycles. The van der Waals surface area contributed by atoms with Crippen molar-refractivity contribution in [2.45, 2.75) is 45.8 Å². The van der Waals surface area contributed by atoms with E-state index < -0.39 is 0 Å². The highest BCUT2D eigenvalue weighted by molar-refractivity contribution is 5.76. The number of amides is 1. The second-order valence-corrected chi connectivity index (χ2v) is 4.64. The van der Waals surface area contributed by atoms with Crippen molar-refractivity contribution < 1.29 is 9.90 Å². The Bertz CT molecular complexity index is 423. The maximum Gasteiger partial charge on any atom is 0.239 e. The molecular formula is C13H20N2O2. The van der Waals surface area contributed by atoms with Crippen molar-refractivity contribution in [3.63, 3.8) is 0 Å². The van der Waals surface area contributed by atoms with Gasteiger partial charge in [-0.2, -0.15) is 0 Å². The molecule has 1 atom stereocenters. The summed E-state index contributed by atoms with van der Waals surface area (Å²) in [5.74, 6) is 0.0362. The van der Waals surface area contributed by atoms with Gasteiger partial charge in [-0.1, -0.05) is 0 Å². The van der Waals surface area contributed by atoms with Crippen LogP contribution in [0.2, 0.25) is 0 Å². The van der Waals surface area contributed by atoms with Crippen LogP contribution in [-0.2, 0) is 17.8 Å². The highest BCUT2D eigenvalue weighted by Gasteiger charge is 2.23. The monoisotopic (exact) mass is 236 g/mol. The molecule has 0 bridgehead atoms. The molecule has 2 rings (SSSR count). The molecule has 1 amide bonds. The van der Waals surface area contributed by atoms with Crippen molar-refractivity contribution in [3.05, 3.63) is 23.0 Å². The van der Waals surface area contributed by atoms with Crippen molar-refractivity contribution in [1.82, 2.24) is 9.88 Å². The molecule has 2 N–H and O–H groups in total. The summed E-state index contributed by atoms with van der Waals surface area (Å²) in [7, 11) is 0. The summed E-state index contributed by atoms with van der Waals surface area (Å²) in [4.78, 5) is 11.6. The molecule has 1 unspecified atom stereocenters. The van der Waals surface area contributed by atoms with Crippen LogP contribution >= 0.6 is 0 Å². The molecule has 1 aromatic heterocycles. The van der Waals surface area contributed by atoms with Gasteiger partial charge in [0, 0.05) is 23.5 Å². The van der Waals surface area contributed by atoms with Crippen LogP contribution in [0.25, 0.3) is 0 Å². The highest BCUT2D eigenvalue weighted by atomic mass is 16.3. The summed E-state index contributed by atoms with van der Waals surface area (Å²) in [6.45, 7) is 4.93. The molecule has 1 heterocycles. The van der Waals surface area contributed by atoms with Crippen molar-refractivity contribution in [1.29, 1.82) is 0 Å². The Morgan fingerprint density at radius 2 is 2.41 bits per heavy atom. The van der Waals surface area contributed by atoms with E-state index >= 15 is 0 Å². The van der Waals surface area contributed by atoms with Crippen molar-refractivity contribution in [2.75, 3.05) is 6.54 Å². The van der Waals surface area contributed by atoms with Crippen LogP contribution in [0.1, 0.15) is 42.8 Å². The molecule has 1 aromatic rings. The van der Waals surface area contributed by atoms with Crippen LogP contribution in [0.5, 0.6) is 0 Å². The minimum Gasteiger partial charge on any atom is -0.388 e. The predicted molar refractivity (Wildman–Crippen MR) is 65.8 cm³/mol. The number of hydrogen-bond donors (Lipinski definition) is 2. The van der Waals surface area contributed by atoms with E-state index in [1.54, 1.807) is 0 Å². The lowest BCUT2D eigenvalue weighted by Crippen LogP contribution is -2.28. The second-order valence-electron chi connectivity index (χ2n) is 4.64. The number of likely N-dealkylation sites (N-methyl/N-ethyl adjacent to an activating group) is 1. The number of nitrogens with zero attached hydrogens (tertiary/aromatic N) is 1. The minimum absolute atomic E-state index is 0.0362. The van der Waals surface area contributed by atoms with Crippen LogP contribution in [0.4, 0.5) is 0 Å². The maximum atomic E-state index is 11.6. The molecule has 0 radical (unpaired) electrons. The summed E-state index contributed by atoms with van der Waals surface area (Å²) < 4.78 is 2.03. The third-order valence-electron chi connectivity index (χ3n) is 3.37. The average Bonchev–Trinajstić information content (AvgIpc) is 2.58. The number of rotatable bonds is 3. The van der Waals surface area contributed by atoms with Crippen LogP contribution in [-0.4, -0.2) is 22.1 Å². The zero-order chi connectivity index (χ0) is 12.4. The van der Waals surface area contributed by atoms with Gasteiger partial charge in [0.2, 0.25) is 5.91 Å². The molecule has 0 spiro atoms. The summed E-state index contributed by atoms with van der Waals surface area (Å²) >= 11 is 0. The van der Waals surface area contributed by atoms with E-state index in [4.69, 9.17) is 0 Å². The summed E-state index contributed by atoms with van der Waals surface area (Å²) in [5.41, 5.74) is 3.20. The zero-order valence-corrected chi connectivity index (χ0v) is 10.5. The largest absolute Gasteiger partial charge is 0.388 e. The number of fused-ring (bicyclic) bond motifs is 1. The Balaban J connectivity index is 2.25. The fraction of sp³-hybridized carbons (Fsp3) is 0.615. The Morgan fingerprint density at radius 3 is 3.12 bits per heavy atom. The molecule has 4 heteroatoms. The lowest BCUT2D eigenvalue weighted by Gasteiger charge is -2.20. The van der Waals surface area contributed by atoms with E-state index in [1.165, 1.54) is 0 Å². The van der Waals surface area contributed by atoms with Gasteiger partial charge in [0.25, 0.3) is 0 Å². The van der Waals surface area contributed by atoms with E-state index in [0.29, 0.717) is 13.1 Å². The van der Waals surface area contributed by atoms with E-state index in [0.717, 1.165) is 36.2 Å². The fourth-order valence-electron chi connectivity index (χ4n) is 2.56. The molecule has 0 aliphatic heterocycles. The normalized spacial score (nSPS) is 18.9. The van der Waals surface area contributed by atoms with E-state index in [2.05, 4.69) is 5.32 Å². The molecular weight excluding hydrogens is 216 g/mol. The van der Waals surface area contributed by atoms with E-state index in [9.17, 15) is 9.90 Å². The lowest BCUT2D eigenvalue weighted by atomic mass is 9.95. The average molecular weight is 236 g/mol. The van der Waals surface area contributed by atoms with Crippen molar-refractivity contribution in [2.24, 2.45) is 0 Å². The molecule has 0 fully saturated rings. The SMILES string of the molecule is CCNC(=O)Cn1c(C)cc2c1CCCC2O. The fourth-order valence-corrected chi connectivity index (χ4v) is 2.56. The van der Waals surface area contributed by atoms with Crippen LogP contribution in [0.3, 0.4) is 0 Å². The van der Waals surface area contributed by atoms with E-state index in [1.807, 2.05) is 24.5 Å². The Hall–Kier alpha value is -1.29. The summed E-state index contributed by atoms with van der Waals surface area (Å²) in [6.07, 6.45) is 2.43. The molecule has 4 nitrogen and oxygen atoms in total. The Labute approximate surface area is 102 Å². The van der Waals surface area contributed by atoms with Gasteiger partial charge < -0.3 is 15.0 Å². The first-order valence-electron chi connectivity index (χ1n) is 6.27. The van der Waals surface area contributed by atoms with Gasteiger partial charge in [0.05, 0.1) is 6.10 Å². The molecule has 0 aromatic carbocycles. The van der Waals surface area contributed by atoms with Gasteiger partial charge in [-0.3, -0.25) is 4.79 Å². The number of carbonyl (C=O) groups is 1. The van der Waals surface area contributed by atoms with Crippen LogP contribution < -0.4 is 5.32 Å². The molecule has 1 aliphatic rings. The third-order valence-corrected chi connectivity index (χ3v) is 3.37. The number of aromatic nitrogens is 1. The lowest BCUT2D eigenvalue weighted by molar-refractivity contribution is -0.121. The Morgan fingerprint density at radius 1 is 1.65 bits per heavy atom. The van der Waals surface area contributed by atoms with Crippen LogP contribution in [0.15, 0.2) is 6.07 Å². The number of hydrogen-bond acceptors (Lipinski definition) is 2. The van der Waals surface area contributed by atoms with Crippen LogP contribution in [0, 0.1) is 6.92 Å². The van der Waals surface area contributed by atoms with Crippen molar-refractivity contribution in [3.8, 4) is 0 Å². The first-order chi connectivity index (χ1) is 8.13. The molecule has 0 saturated heterocycles. The smallest absolute Gasteiger partial charge is 0.239 e. The number of carbonyl (C=O) groups excluding carboxylic acids is 1. The van der Waals surface area contributed by atoms with Gasteiger partial charge in [0.15, 0.2) is 0 Å². The van der Waals surface area contributed by atoms with E-state index in [-0.39, 0.29) is 12.0 Å². The van der Waals surface area contributed by atoms with Crippen molar-refractivity contribution >= 4 is 5.91 Å². The van der Waals surface area contributed by atoms with Gasteiger partial charge >= 0.3 is 0 Å². The number of nitrogens with one attached hydrogen (secondary N) is 1. The standard InChI is InChI=1S/C13H20N2O2/c1-3-14-13(17)8-15-9(2)7-10-11(15)5-4-6-12(10)16/h7,12,16H,3-6,8H2,1-2H3,(H,14,17). The first kappa shape index (κ1) is 12.2. The quantitative estimate of drug-likeness (QED) is 0.831. The minimum atomic E-state index is -0.354. The third kappa shape index (κ3) is 2.36. The molecule has 17 heavy (non-hydrogen) atoms. The van der Waals surface area contributed by atoms with Gasteiger partial charge in [-0.05, 0) is 39.2 Å². The first-order valence-corrected chi connectivity index (χ1v) is 6.27. The second kappa shape index (κ2) is 4.92. The summed E-state index contributed by atoms with van der Waals surface area (Å²) in [6, 6.07) is 2.01. The van der Waals surface area contributed by atoms with Gasteiger partial charge in [0.1, 0.15) is 6.54 Å². The summed E-state index contributed by atoms with van der Waals surface area (Å²) in [5, 5.41) is 12.7.